The Hall–Kier alpha value is -0.900. The first-order valence-electron chi connectivity index (χ1n) is 5.54. The number of carbonyl (C=O) groups excluding carboxylic acids is 2. The van der Waals surface area contributed by atoms with E-state index in [1.165, 1.54) is 4.90 Å². The van der Waals surface area contributed by atoms with Crippen LogP contribution < -0.4 is 0 Å². The average Bonchev–Trinajstić information content (AvgIpc) is 2.55. The molecule has 86 valence electrons. The predicted octanol–water partition coefficient (Wildman–Crippen LogP) is 2.03. The molecule has 0 radical (unpaired) electrons. The first-order valence-corrected chi connectivity index (χ1v) is 6.66. The zero-order valence-electron chi connectivity index (χ0n) is 8.99. The van der Waals surface area contributed by atoms with Gasteiger partial charge in [-0.2, -0.15) is 0 Å². The Morgan fingerprint density at radius 3 is 2.88 bits per heavy atom. The van der Waals surface area contributed by atoms with Crippen molar-refractivity contribution >= 4 is 27.7 Å². The highest BCUT2D eigenvalue weighted by molar-refractivity contribution is 9.09. The normalized spacial score (nSPS) is 23.7. The van der Waals surface area contributed by atoms with Crippen molar-refractivity contribution in [1.82, 2.24) is 4.90 Å². The summed E-state index contributed by atoms with van der Waals surface area (Å²) in [5.74, 6) is -0.314. The lowest BCUT2D eigenvalue weighted by atomic mass is 9.94. The van der Waals surface area contributed by atoms with Crippen LogP contribution in [0, 0.1) is 5.92 Å². The van der Waals surface area contributed by atoms with E-state index in [1.807, 2.05) is 12.2 Å². The zero-order valence-corrected chi connectivity index (χ0v) is 10.6. The fourth-order valence-electron chi connectivity index (χ4n) is 2.10. The number of likely N-dealkylation sites (tertiary alicyclic amines) is 1. The highest BCUT2D eigenvalue weighted by atomic mass is 79.9. The molecule has 1 fully saturated rings. The fourth-order valence-corrected chi connectivity index (χ4v) is 2.50. The Morgan fingerprint density at radius 2 is 2.19 bits per heavy atom. The van der Waals surface area contributed by atoms with Crippen LogP contribution in [0.4, 0.5) is 0 Å². The SMILES string of the molecule is O=C1C2=CC=CCC2C(=O)N1CCCCBr. The molecule has 2 aliphatic rings. The molecule has 0 aromatic heterocycles. The van der Waals surface area contributed by atoms with E-state index in [0.717, 1.165) is 18.2 Å². The Balaban J connectivity index is 2.06. The van der Waals surface area contributed by atoms with Crippen LogP contribution in [0.1, 0.15) is 19.3 Å². The molecule has 0 aromatic rings. The van der Waals surface area contributed by atoms with Crippen LogP contribution >= 0.6 is 15.9 Å². The molecule has 16 heavy (non-hydrogen) atoms. The van der Waals surface area contributed by atoms with Gasteiger partial charge in [-0.25, -0.2) is 0 Å². The van der Waals surface area contributed by atoms with Crippen LogP contribution in [-0.4, -0.2) is 28.6 Å². The van der Waals surface area contributed by atoms with Crippen molar-refractivity contribution in [1.29, 1.82) is 0 Å². The molecule has 1 unspecified atom stereocenters. The summed E-state index contributed by atoms with van der Waals surface area (Å²) in [5, 5.41) is 0.914. The van der Waals surface area contributed by atoms with Crippen LogP contribution in [0.5, 0.6) is 0 Å². The predicted molar refractivity (Wildman–Crippen MR) is 65.1 cm³/mol. The summed E-state index contributed by atoms with van der Waals surface area (Å²) in [5.41, 5.74) is 0.673. The molecule has 0 aromatic carbocycles. The highest BCUT2D eigenvalue weighted by Gasteiger charge is 2.42. The maximum Gasteiger partial charge on any atom is 0.257 e. The van der Waals surface area contributed by atoms with Gasteiger partial charge in [0.2, 0.25) is 5.91 Å². The number of hydrogen-bond acceptors (Lipinski definition) is 2. The number of halogens is 1. The van der Waals surface area contributed by atoms with Gasteiger partial charge < -0.3 is 0 Å². The number of hydrogen-bond donors (Lipinski definition) is 0. The number of nitrogens with zero attached hydrogens (tertiary/aromatic N) is 1. The molecule has 1 aliphatic heterocycles. The summed E-state index contributed by atoms with van der Waals surface area (Å²) in [6.07, 6.45) is 8.11. The minimum absolute atomic E-state index is 0.0184. The molecule has 2 rings (SSSR count). The number of unbranched alkanes of at least 4 members (excludes halogenated alkanes) is 1. The lowest BCUT2D eigenvalue weighted by Crippen LogP contribution is -2.31. The maximum absolute atomic E-state index is 12.0. The van der Waals surface area contributed by atoms with Crippen molar-refractivity contribution < 1.29 is 9.59 Å². The van der Waals surface area contributed by atoms with Crippen LogP contribution in [0.2, 0.25) is 0 Å². The topological polar surface area (TPSA) is 37.4 Å². The molecular formula is C12H14BrNO2. The summed E-state index contributed by atoms with van der Waals surface area (Å²) in [6, 6.07) is 0. The van der Waals surface area contributed by atoms with Crippen molar-refractivity contribution in [3.05, 3.63) is 23.8 Å². The summed E-state index contributed by atoms with van der Waals surface area (Å²) in [7, 11) is 0. The Labute approximate surface area is 103 Å². The molecule has 0 bridgehead atoms. The Kier molecular flexibility index (Phi) is 3.59. The third-order valence-electron chi connectivity index (χ3n) is 2.98. The molecule has 1 atom stereocenters. The van der Waals surface area contributed by atoms with E-state index in [9.17, 15) is 9.59 Å². The van der Waals surface area contributed by atoms with Gasteiger partial charge >= 0.3 is 0 Å². The van der Waals surface area contributed by atoms with Crippen molar-refractivity contribution in [2.45, 2.75) is 19.3 Å². The van der Waals surface area contributed by atoms with Crippen molar-refractivity contribution in [3.8, 4) is 0 Å². The van der Waals surface area contributed by atoms with Crippen LogP contribution in [0.3, 0.4) is 0 Å². The smallest absolute Gasteiger partial charge is 0.257 e. The molecule has 3 nitrogen and oxygen atoms in total. The van der Waals surface area contributed by atoms with E-state index in [1.54, 1.807) is 6.08 Å². The van der Waals surface area contributed by atoms with Crippen molar-refractivity contribution in [2.75, 3.05) is 11.9 Å². The standard InChI is InChI=1S/C12H14BrNO2/c13-7-3-4-8-14-11(15)9-5-1-2-6-10(9)12(14)16/h1-2,5,10H,3-4,6-8H2. The molecule has 2 amide bonds. The van der Waals surface area contributed by atoms with Crippen LogP contribution in [0.15, 0.2) is 23.8 Å². The second-order valence-corrected chi connectivity index (χ2v) is 4.82. The quantitative estimate of drug-likeness (QED) is 0.450. The van der Waals surface area contributed by atoms with Gasteiger partial charge in [0.1, 0.15) is 0 Å². The van der Waals surface area contributed by atoms with Gasteiger partial charge in [-0.3, -0.25) is 14.5 Å². The number of fused-ring (bicyclic) bond motifs is 1. The minimum atomic E-state index is -0.207. The Morgan fingerprint density at radius 1 is 1.38 bits per heavy atom. The molecule has 1 aliphatic carbocycles. The number of rotatable bonds is 4. The van der Waals surface area contributed by atoms with E-state index in [4.69, 9.17) is 0 Å². The first kappa shape index (κ1) is 11.6. The van der Waals surface area contributed by atoms with Gasteiger partial charge in [0.25, 0.3) is 5.91 Å². The first-order chi connectivity index (χ1) is 7.75. The molecule has 1 saturated heterocycles. The number of imide groups is 1. The number of amides is 2. The van der Waals surface area contributed by atoms with Gasteiger partial charge in [-0.05, 0) is 19.3 Å². The minimum Gasteiger partial charge on any atom is -0.278 e. The number of allylic oxidation sites excluding steroid dienone is 3. The Bertz CT molecular complexity index is 373. The van der Waals surface area contributed by atoms with Gasteiger partial charge in [0.15, 0.2) is 0 Å². The largest absolute Gasteiger partial charge is 0.278 e. The molecule has 0 saturated carbocycles. The van der Waals surface area contributed by atoms with Crippen molar-refractivity contribution in [2.24, 2.45) is 5.92 Å². The zero-order chi connectivity index (χ0) is 11.5. The monoisotopic (exact) mass is 283 g/mol. The van der Waals surface area contributed by atoms with Gasteiger partial charge in [0, 0.05) is 17.4 Å². The lowest BCUT2D eigenvalue weighted by molar-refractivity contribution is -0.139. The summed E-state index contributed by atoms with van der Waals surface area (Å²) in [6.45, 7) is 0.553. The maximum atomic E-state index is 12.0. The van der Waals surface area contributed by atoms with E-state index < -0.39 is 0 Å². The lowest BCUT2D eigenvalue weighted by Gasteiger charge is -2.13. The third-order valence-corrected chi connectivity index (χ3v) is 3.54. The van der Waals surface area contributed by atoms with Crippen molar-refractivity contribution in [3.63, 3.8) is 0 Å². The second kappa shape index (κ2) is 4.95. The number of alkyl halides is 1. The molecule has 4 heteroatoms. The molecule has 0 N–H and O–H groups in total. The third kappa shape index (κ3) is 1.98. The summed E-state index contributed by atoms with van der Waals surface area (Å²) < 4.78 is 0. The summed E-state index contributed by atoms with van der Waals surface area (Å²) >= 11 is 3.34. The molecule has 0 spiro atoms. The average molecular weight is 284 g/mol. The second-order valence-electron chi connectivity index (χ2n) is 4.03. The summed E-state index contributed by atoms with van der Waals surface area (Å²) in [4.78, 5) is 25.3. The highest BCUT2D eigenvalue weighted by Crippen LogP contribution is 2.31. The fraction of sp³-hybridized carbons (Fsp3) is 0.500. The van der Waals surface area contributed by atoms with Crippen LogP contribution in [0.25, 0.3) is 0 Å². The van der Waals surface area contributed by atoms with Gasteiger partial charge in [-0.15, -0.1) is 0 Å². The molecular weight excluding hydrogens is 270 g/mol. The number of carbonyl (C=O) groups is 2. The molecule has 1 heterocycles. The van der Waals surface area contributed by atoms with E-state index in [2.05, 4.69) is 15.9 Å². The van der Waals surface area contributed by atoms with E-state index >= 15 is 0 Å². The van der Waals surface area contributed by atoms with E-state index in [0.29, 0.717) is 18.5 Å². The van der Waals surface area contributed by atoms with Gasteiger partial charge in [-0.1, -0.05) is 34.2 Å². The van der Waals surface area contributed by atoms with E-state index in [-0.39, 0.29) is 17.7 Å². The van der Waals surface area contributed by atoms with Gasteiger partial charge in [0.05, 0.1) is 5.92 Å². The van der Waals surface area contributed by atoms with Crippen LogP contribution in [-0.2, 0) is 9.59 Å².